The molecule has 0 spiro atoms. The van der Waals surface area contributed by atoms with Gasteiger partial charge in [-0.3, -0.25) is 0 Å². The number of hydrogen-bond donors (Lipinski definition) is 2. The van der Waals surface area contributed by atoms with Gasteiger partial charge < -0.3 is 15.4 Å². The summed E-state index contributed by atoms with van der Waals surface area (Å²) in [6.45, 7) is 6.04. The van der Waals surface area contributed by atoms with Crippen LogP contribution in [0.1, 0.15) is 51.1 Å². The van der Waals surface area contributed by atoms with Crippen molar-refractivity contribution in [3.05, 3.63) is 18.1 Å². The van der Waals surface area contributed by atoms with Crippen LogP contribution in [0.15, 0.2) is 12.5 Å². The van der Waals surface area contributed by atoms with E-state index >= 15 is 0 Å². The average molecular weight is 276 g/mol. The molecule has 2 heterocycles. The second-order valence-corrected chi connectivity index (χ2v) is 5.14. The van der Waals surface area contributed by atoms with E-state index in [0.717, 1.165) is 42.3 Å². The molecule has 0 saturated heterocycles. The third-order valence-corrected chi connectivity index (χ3v) is 3.89. The van der Waals surface area contributed by atoms with E-state index in [1.165, 1.54) is 6.33 Å². The van der Waals surface area contributed by atoms with E-state index in [1.807, 2.05) is 20.8 Å². The molecule has 3 rings (SSSR count). The van der Waals surface area contributed by atoms with Crippen molar-refractivity contribution in [3.63, 3.8) is 0 Å². The molecule has 110 valence electrons. The fraction of sp³-hybridized carbons (Fsp3) is 0.600. The number of rotatable bonds is 1. The minimum Gasteiger partial charge on any atom is -0.393 e. The Labute approximate surface area is 119 Å². The van der Waals surface area contributed by atoms with Crippen LogP contribution in [0.4, 0.5) is 5.82 Å². The van der Waals surface area contributed by atoms with Gasteiger partial charge in [-0.25, -0.2) is 9.97 Å². The van der Waals surface area contributed by atoms with Crippen LogP contribution in [-0.2, 0) is 0 Å². The van der Waals surface area contributed by atoms with Gasteiger partial charge in [0.1, 0.15) is 17.8 Å². The Morgan fingerprint density at radius 2 is 1.85 bits per heavy atom. The molecule has 1 saturated carbocycles. The van der Waals surface area contributed by atoms with E-state index in [4.69, 9.17) is 5.73 Å². The fourth-order valence-corrected chi connectivity index (χ4v) is 2.91. The van der Waals surface area contributed by atoms with Gasteiger partial charge in [-0.2, -0.15) is 0 Å². The van der Waals surface area contributed by atoms with Gasteiger partial charge in [-0.15, -0.1) is 0 Å². The Morgan fingerprint density at radius 3 is 2.50 bits per heavy atom. The summed E-state index contributed by atoms with van der Waals surface area (Å²) in [6, 6.07) is 0.416. The number of hydrogen-bond acceptors (Lipinski definition) is 4. The number of aryl methyl sites for hydroxylation is 1. The van der Waals surface area contributed by atoms with E-state index in [1.54, 1.807) is 0 Å². The van der Waals surface area contributed by atoms with Crippen molar-refractivity contribution < 1.29 is 5.11 Å². The van der Waals surface area contributed by atoms with Crippen molar-refractivity contribution >= 4 is 16.9 Å². The highest BCUT2D eigenvalue weighted by atomic mass is 16.3. The summed E-state index contributed by atoms with van der Waals surface area (Å²) >= 11 is 0. The first-order chi connectivity index (χ1) is 9.66. The van der Waals surface area contributed by atoms with Crippen molar-refractivity contribution in [1.29, 1.82) is 0 Å². The number of nitrogens with two attached hydrogens (primary N) is 1. The first-order valence-corrected chi connectivity index (χ1v) is 7.42. The van der Waals surface area contributed by atoms with Gasteiger partial charge in [0, 0.05) is 12.2 Å². The van der Waals surface area contributed by atoms with E-state index in [0.29, 0.717) is 11.9 Å². The minimum absolute atomic E-state index is 0.135. The molecule has 0 atom stereocenters. The maximum atomic E-state index is 9.58. The van der Waals surface area contributed by atoms with Crippen molar-refractivity contribution in [3.8, 4) is 0 Å². The van der Waals surface area contributed by atoms with E-state index < -0.39 is 0 Å². The Kier molecular flexibility index (Phi) is 4.60. The Bertz CT molecular complexity index is 571. The molecule has 0 aromatic carbocycles. The summed E-state index contributed by atoms with van der Waals surface area (Å²) in [5, 5.41) is 10.5. The Balaban J connectivity index is 0.000000704. The third-order valence-electron chi connectivity index (χ3n) is 3.89. The highest BCUT2D eigenvalue weighted by molar-refractivity contribution is 5.89. The molecule has 0 radical (unpaired) electrons. The van der Waals surface area contributed by atoms with Crippen LogP contribution in [0.2, 0.25) is 0 Å². The lowest BCUT2D eigenvalue weighted by molar-refractivity contribution is 0.111. The molecule has 1 fully saturated rings. The summed E-state index contributed by atoms with van der Waals surface area (Å²) in [7, 11) is 0. The predicted molar refractivity (Wildman–Crippen MR) is 81.5 cm³/mol. The van der Waals surface area contributed by atoms with Crippen LogP contribution in [0.25, 0.3) is 11.0 Å². The van der Waals surface area contributed by atoms with Crippen molar-refractivity contribution in [1.82, 2.24) is 14.5 Å². The highest BCUT2D eigenvalue weighted by Gasteiger charge is 2.23. The number of nitrogens with zero attached hydrogens (tertiary/aromatic N) is 3. The molecule has 2 aromatic rings. The fourth-order valence-electron chi connectivity index (χ4n) is 2.91. The second-order valence-electron chi connectivity index (χ2n) is 5.14. The molecule has 1 aliphatic carbocycles. The number of aliphatic hydroxyl groups excluding tert-OH is 1. The maximum Gasteiger partial charge on any atom is 0.145 e. The lowest BCUT2D eigenvalue weighted by Crippen LogP contribution is -2.20. The SMILES string of the molecule is CC.Cc1cn(C2CCC(O)CC2)c2ncnc(N)c12. The number of aliphatic hydroxyl groups is 1. The normalized spacial score (nSPS) is 22.4. The summed E-state index contributed by atoms with van der Waals surface area (Å²) in [5.41, 5.74) is 7.96. The molecule has 3 N–H and O–H groups in total. The molecule has 0 bridgehead atoms. The number of fused-ring (bicyclic) bond motifs is 1. The molecule has 5 nitrogen and oxygen atoms in total. The molecule has 0 aliphatic heterocycles. The minimum atomic E-state index is -0.135. The summed E-state index contributed by atoms with van der Waals surface area (Å²) in [5.74, 6) is 0.548. The van der Waals surface area contributed by atoms with Gasteiger partial charge in [-0.05, 0) is 38.2 Å². The van der Waals surface area contributed by atoms with Crippen LogP contribution in [0, 0.1) is 6.92 Å². The maximum absolute atomic E-state index is 9.58. The van der Waals surface area contributed by atoms with Crippen molar-refractivity contribution in [2.24, 2.45) is 0 Å². The van der Waals surface area contributed by atoms with Gasteiger partial charge in [0.15, 0.2) is 0 Å². The van der Waals surface area contributed by atoms with Gasteiger partial charge in [-0.1, -0.05) is 13.8 Å². The van der Waals surface area contributed by atoms with Crippen LogP contribution in [0.5, 0.6) is 0 Å². The second kappa shape index (κ2) is 6.22. The van der Waals surface area contributed by atoms with Crippen molar-refractivity contribution in [2.45, 2.75) is 58.6 Å². The van der Waals surface area contributed by atoms with Crippen LogP contribution < -0.4 is 5.73 Å². The Hall–Kier alpha value is -1.62. The quantitative estimate of drug-likeness (QED) is 0.839. The summed E-state index contributed by atoms with van der Waals surface area (Å²) in [6.07, 6.45) is 7.21. The first kappa shape index (κ1) is 14.8. The standard InChI is InChI=1S/C13H18N4O.C2H6/c1-8-6-17(9-2-4-10(18)5-3-9)13-11(8)12(14)15-7-16-13;1-2/h6-7,9-10,18H,2-5H2,1H3,(H2,14,15,16);1-2H3. The van der Waals surface area contributed by atoms with E-state index in [-0.39, 0.29) is 6.10 Å². The molecule has 5 heteroatoms. The summed E-state index contributed by atoms with van der Waals surface area (Å²) in [4.78, 5) is 8.42. The van der Waals surface area contributed by atoms with Gasteiger partial charge in [0.2, 0.25) is 0 Å². The molecule has 1 aliphatic rings. The zero-order chi connectivity index (χ0) is 14.7. The molecule has 2 aromatic heterocycles. The molecular formula is C15H24N4O. The smallest absolute Gasteiger partial charge is 0.145 e. The average Bonchev–Trinajstić information content (AvgIpc) is 2.81. The lowest BCUT2D eigenvalue weighted by atomic mass is 9.93. The first-order valence-electron chi connectivity index (χ1n) is 7.42. The largest absolute Gasteiger partial charge is 0.393 e. The number of nitrogen functional groups attached to an aromatic ring is 1. The Morgan fingerprint density at radius 1 is 1.20 bits per heavy atom. The number of anilines is 1. The van der Waals surface area contributed by atoms with Crippen LogP contribution in [0.3, 0.4) is 0 Å². The van der Waals surface area contributed by atoms with Gasteiger partial charge in [0.25, 0.3) is 0 Å². The monoisotopic (exact) mass is 276 g/mol. The molecule has 20 heavy (non-hydrogen) atoms. The number of aromatic nitrogens is 3. The predicted octanol–water partition coefficient (Wildman–Crippen LogP) is 2.82. The van der Waals surface area contributed by atoms with Gasteiger partial charge >= 0.3 is 0 Å². The topological polar surface area (TPSA) is 77.0 Å². The zero-order valence-electron chi connectivity index (χ0n) is 12.5. The van der Waals surface area contributed by atoms with Crippen LogP contribution >= 0.6 is 0 Å². The highest BCUT2D eigenvalue weighted by Crippen LogP contribution is 2.33. The zero-order valence-corrected chi connectivity index (χ0v) is 12.5. The van der Waals surface area contributed by atoms with Crippen LogP contribution in [-0.4, -0.2) is 25.7 Å². The van der Waals surface area contributed by atoms with E-state index in [9.17, 15) is 5.11 Å². The molecule has 0 amide bonds. The van der Waals surface area contributed by atoms with Crippen molar-refractivity contribution in [2.75, 3.05) is 5.73 Å². The third kappa shape index (κ3) is 2.63. The molecular weight excluding hydrogens is 252 g/mol. The summed E-state index contributed by atoms with van der Waals surface area (Å²) < 4.78 is 2.20. The molecule has 0 unspecified atom stereocenters. The lowest BCUT2D eigenvalue weighted by Gasteiger charge is -2.27. The van der Waals surface area contributed by atoms with Gasteiger partial charge in [0.05, 0.1) is 11.5 Å². The van der Waals surface area contributed by atoms with E-state index in [2.05, 4.69) is 20.7 Å².